The molecule has 0 aromatic rings. The Morgan fingerprint density at radius 3 is 2.82 bits per heavy atom. The van der Waals surface area contributed by atoms with Crippen molar-refractivity contribution in [2.75, 3.05) is 39.5 Å². The van der Waals surface area contributed by atoms with Crippen molar-refractivity contribution in [1.82, 2.24) is 4.90 Å². The summed E-state index contributed by atoms with van der Waals surface area (Å²) in [6.45, 7) is 6.88. The summed E-state index contributed by atoms with van der Waals surface area (Å²) >= 11 is 0. The Balaban J connectivity index is 2.06. The molecule has 1 heterocycles. The Bertz CT molecular complexity index is 295. The van der Waals surface area contributed by atoms with Crippen LogP contribution in [0.25, 0.3) is 0 Å². The first-order chi connectivity index (χ1) is 8.33. The Morgan fingerprint density at radius 2 is 2.12 bits per heavy atom. The maximum absolute atomic E-state index is 8.36. The highest BCUT2D eigenvalue weighted by Gasteiger charge is 2.07. The first-order valence-corrected chi connectivity index (χ1v) is 6.07. The second-order valence-corrected chi connectivity index (χ2v) is 4.04. The average molecular weight is 236 g/mol. The lowest BCUT2D eigenvalue weighted by molar-refractivity contribution is 0.0443. The third kappa shape index (κ3) is 6.97. The molecule has 1 fully saturated rings. The Labute approximate surface area is 103 Å². The first kappa shape index (κ1) is 14.0. The molecule has 94 valence electrons. The van der Waals surface area contributed by atoms with Gasteiger partial charge in [0.15, 0.2) is 0 Å². The van der Waals surface area contributed by atoms with E-state index < -0.39 is 0 Å². The van der Waals surface area contributed by atoms with Gasteiger partial charge < -0.3 is 9.47 Å². The molecule has 4 heteroatoms. The van der Waals surface area contributed by atoms with Gasteiger partial charge in [-0.1, -0.05) is 11.8 Å². The van der Waals surface area contributed by atoms with Gasteiger partial charge in [0.05, 0.1) is 45.0 Å². The van der Waals surface area contributed by atoms with Crippen molar-refractivity contribution in [3.63, 3.8) is 0 Å². The second kappa shape index (κ2) is 9.01. The highest BCUT2D eigenvalue weighted by Crippen LogP contribution is 1.97. The Morgan fingerprint density at radius 1 is 1.35 bits per heavy atom. The number of nitriles is 1. The van der Waals surface area contributed by atoms with Crippen molar-refractivity contribution in [2.24, 2.45) is 0 Å². The number of hydrogen-bond donors (Lipinski definition) is 0. The van der Waals surface area contributed by atoms with Crippen LogP contribution in [0.4, 0.5) is 0 Å². The third-order valence-corrected chi connectivity index (χ3v) is 2.54. The average Bonchev–Trinajstić information content (AvgIpc) is 2.36. The molecular formula is C13H20N2O2. The molecule has 1 aliphatic rings. The quantitative estimate of drug-likeness (QED) is 0.528. The van der Waals surface area contributed by atoms with Crippen LogP contribution in [0.1, 0.15) is 19.8 Å². The largest absolute Gasteiger partial charge is 0.379 e. The van der Waals surface area contributed by atoms with E-state index in [1.807, 2.05) is 6.92 Å². The summed E-state index contributed by atoms with van der Waals surface area (Å²) in [5.41, 5.74) is 0. The fourth-order valence-corrected chi connectivity index (χ4v) is 1.51. The van der Waals surface area contributed by atoms with Crippen LogP contribution in [0.5, 0.6) is 0 Å². The second-order valence-electron chi connectivity index (χ2n) is 4.04. The zero-order valence-electron chi connectivity index (χ0n) is 10.4. The van der Waals surface area contributed by atoms with Crippen LogP contribution >= 0.6 is 0 Å². The topological polar surface area (TPSA) is 45.5 Å². The van der Waals surface area contributed by atoms with E-state index in [0.29, 0.717) is 13.0 Å². The molecule has 0 spiro atoms. The molecule has 0 N–H and O–H groups in total. The van der Waals surface area contributed by atoms with E-state index in [0.717, 1.165) is 39.3 Å². The van der Waals surface area contributed by atoms with E-state index in [9.17, 15) is 0 Å². The van der Waals surface area contributed by atoms with Crippen molar-refractivity contribution in [3.8, 4) is 17.9 Å². The van der Waals surface area contributed by atoms with E-state index in [1.54, 1.807) is 0 Å². The van der Waals surface area contributed by atoms with E-state index >= 15 is 0 Å². The first-order valence-electron chi connectivity index (χ1n) is 6.07. The molecule has 1 atom stereocenters. The predicted molar refractivity (Wildman–Crippen MR) is 65.3 cm³/mol. The highest BCUT2D eigenvalue weighted by molar-refractivity contribution is 5.02. The van der Waals surface area contributed by atoms with Gasteiger partial charge in [-0.3, -0.25) is 4.90 Å². The summed E-state index contributed by atoms with van der Waals surface area (Å²) in [6.07, 6.45) is 1.29. The fraction of sp³-hybridized carbons (Fsp3) is 0.769. The number of nitrogens with zero attached hydrogens (tertiary/aromatic N) is 2. The zero-order chi connectivity index (χ0) is 12.3. The molecule has 1 saturated heterocycles. The summed E-state index contributed by atoms with van der Waals surface area (Å²) in [4.78, 5) is 2.29. The van der Waals surface area contributed by atoms with Gasteiger partial charge in [-0.25, -0.2) is 0 Å². The molecule has 0 saturated carbocycles. The molecular weight excluding hydrogens is 216 g/mol. The molecule has 1 aliphatic heterocycles. The van der Waals surface area contributed by atoms with Gasteiger partial charge in [-0.15, -0.1) is 0 Å². The summed E-state index contributed by atoms with van der Waals surface area (Å²) in [7, 11) is 0. The summed E-state index contributed by atoms with van der Waals surface area (Å²) < 4.78 is 10.7. The smallest absolute Gasteiger partial charge is 0.0656 e. The lowest BCUT2D eigenvalue weighted by Gasteiger charge is -2.24. The van der Waals surface area contributed by atoms with Crippen LogP contribution < -0.4 is 0 Å². The van der Waals surface area contributed by atoms with Gasteiger partial charge in [0, 0.05) is 19.5 Å². The molecule has 0 aromatic carbocycles. The fourth-order valence-electron chi connectivity index (χ4n) is 1.51. The van der Waals surface area contributed by atoms with Gasteiger partial charge in [-0.2, -0.15) is 5.26 Å². The SMILES string of the molecule is C[C@@H](CC#CCN1CCOCC1)OCCC#N. The lowest BCUT2D eigenvalue weighted by atomic mass is 10.3. The molecule has 1 rings (SSSR count). The monoisotopic (exact) mass is 236 g/mol. The maximum Gasteiger partial charge on any atom is 0.0656 e. The molecule has 0 aromatic heterocycles. The normalized spacial score (nSPS) is 17.9. The molecule has 0 aliphatic carbocycles. The van der Waals surface area contributed by atoms with Crippen LogP contribution in [0.15, 0.2) is 0 Å². The predicted octanol–water partition coefficient (Wildman–Crippen LogP) is 1.03. The highest BCUT2D eigenvalue weighted by atomic mass is 16.5. The van der Waals surface area contributed by atoms with Gasteiger partial charge in [-0.05, 0) is 6.92 Å². The Hall–Kier alpha value is -1.07. The maximum atomic E-state index is 8.36. The summed E-state index contributed by atoms with van der Waals surface area (Å²) in [6, 6.07) is 2.05. The number of hydrogen-bond acceptors (Lipinski definition) is 4. The molecule has 0 unspecified atom stereocenters. The van der Waals surface area contributed by atoms with E-state index in [-0.39, 0.29) is 6.10 Å². The lowest BCUT2D eigenvalue weighted by Crippen LogP contribution is -2.36. The van der Waals surface area contributed by atoms with Crippen molar-refractivity contribution in [2.45, 2.75) is 25.9 Å². The molecule has 17 heavy (non-hydrogen) atoms. The van der Waals surface area contributed by atoms with Gasteiger partial charge >= 0.3 is 0 Å². The van der Waals surface area contributed by atoms with Gasteiger partial charge in [0.2, 0.25) is 0 Å². The van der Waals surface area contributed by atoms with Crippen LogP contribution in [-0.4, -0.2) is 50.5 Å². The van der Waals surface area contributed by atoms with E-state index in [1.165, 1.54) is 0 Å². The van der Waals surface area contributed by atoms with Crippen molar-refractivity contribution >= 4 is 0 Å². The zero-order valence-corrected chi connectivity index (χ0v) is 10.4. The van der Waals surface area contributed by atoms with Crippen LogP contribution in [0, 0.1) is 23.2 Å². The van der Waals surface area contributed by atoms with E-state index in [4.69, 9.17) is 14.7 Å². The molecule has 0 amide bonds. The van der Waals surface area contributed by atoms with Crippen molar-refractivity contribution < 1.29 is 9.47 Å². The van der Waals surface area contributed by atoms with Crippen molar-refractivity contribution in [1.29, 1.82) is 5.26 Å². The molecule has 0 radical (unpaired) electrons. The minimum atomic E-state index is 0.112. The van der Waals surface area contributed by atoms with Crippen LogP contribution in [0.3, 0.4) is 0 Å². The third-order valence-electron chi connectivity index (χ3n) is 2.54. The van der Waals surface area contributed by atoms with E-state index in [2.05, 4.69) is 22.8 Å². The summed E-state index contributed by atoms with van der Waals surface area (Å²) in [5.74, 6) is 6.27. The number of rotatable bonds is 5. The number of ether oxygens (including phenoxy) is 2. The van der Waals surface area contributed by atoms with Gasteiger partial charge in [0.25, 0.3) is 0 Å². The van der Waals surface area contributed by atoms with Crippen LogP contribution in [0.2, 0.25) is 0 Å². The van der Waals surface area contributed by atoms with Crippen molar-refractivity contribution in [3.05, 3.63) is 0 Å². The summed E-state index contributed by atoms with van der Waals surface area (Å²) in [5, 5.41) is 8.36. The minimum Gasteiger partial charge on any atom is -0.379 e. The molecule has 0 bridgehead atoms. The molecule has 4 nitrogen and oxygen atoms in total. The van der Waals surface area contributed by atoms with Crippen LogP contribution in [-0.2, 0) is 9.47 Å². The minimum absolute atomic E-state index is 0.112. The standard InChI is InChI=1S/C13H20N2O2/c1-13(17-10-4-6-14)5-2-3-7-15-8-11-16-12-9-15/h13H,4-5,7-12H2,1H3/t13-/m0/s1. The van der Waals surface area contributed by atoms with Gasteiger partial charge in [0.1, 0.15) is 0 Å². The number of morpholine rings is 1. The Kier molecular flexibility index (Phi) is 7.42.